The Morgan fingerprint density at radius 2 is 2.29 bits per heavy atom. The van der Waals surface area contributed by atoms with Gasteiger partial charge in [0.1, 0.15) is 0 Å². The fourth-order valence-electron chi connectivity index (χ4n) is 1.68. The standard InChI is InChI=1S/C11H10ClN5O4/c1-2-21-11(18)10-13-14-15-16(10)6-7-8(12)4-3-5-9(7)17(19)20/h3-5H,2,6H2,1H3. The molecule has 10 heteroatoms. The summed E-state index contributed by atoms with van der Waals surface area (Å²) in [6.07, 6.45) is 0. The molecule has 2 aromatic rings. The van der Waals surface area contributed by atoms with Crippen LogP contribution in [0.1, 0.15) is 23.1 Å². The molecule has 0 saturated carbocycles. The predicted octanol–water partition coefficient (Wildman–Crippen LogP) is 1.46. The van der Waals surface area contributed by atoms with Crippen molar-refractivity contribution in [2.75, 3.05) is 6.61 Å². The molecule has 0 fully saturated rings. The summed E-state index contributed by atoms with van der Waals surface area (Å²) in [5, 5.41) is 21.8. The first-order valence-corrected chi connectivity index (χ1v) is 6.27. The molecule has 0 saturated heterocycles. The second-order valence-corrected chi connectivity index (χ2v) is 4.28. The minimum Gasteiger partial charge on any atom is -0.460 e. The number of hydrogen-bond donors (Lipinski definition) is 0. The van der Waals surface area contributed by atoms with E-state index < -0.39 is 10.9 Å². The Balaban J connectivity index is 2.38. The third-order valence-electron chi connectivity index (χ3n) is 2.59. The van der Waals surface area contributed by atoms with E-state index in [2.05, 4.69) is 15.5 Å². The number of tetrazole rings is 1. The van der Waals surface area contributed by atoms with Crippen LogP contribution in [0.3, 0.4) is 0 Å². The van der Waals surface area contributed by atoms with Crippen molar-refractivity contribution in [3.8, 4) is 0 Å². The van der Waals surface area contributed by atoms with Crippen molar-refractivity contribution >= 4 is 23.3 Å². The fourth-order valence-corrected chi connectivity index (χ4v) is 1.91. The van der Waals surface area contributed by atoms with Crippen LogP contribution in [-0.2, 0) is 11.3 Å². The molecule has 0 amide bonds. The summed E-state index contributed by atoms with van der Waals surface area (Å²) in [7, 11) is 0. The average molecular weight is 312 g/mol. The molecular formula is C11H10ClN5O4. The summed E-state index contributed by atoms with van der Waals surface area (Å²) in [6, 6.07) is 4.30. The number of ether oxygens (including phenoxy) is 1. The van der Waals surface area contributed by atoms with Gasteiger partial charge in [0.25, 0.3) is 11.5 Å². The quantitative estimate of drug-likeness (QED) is 0.466. The van der Waals surface area contributed by atoms with Crippen LogP contribution in [-0.4, -0.2) is 37.7 Å². The lowest BCUT2D eigenvalue weighted by Gasteiger charge is -2.06. The lowest BCUT2D eigenvalue weighted by Crippen LogP contribution is -2.16. The molecule has 0 aliphatic rings. The van der Waals surface area contributed by atoms with Crippen LogP contribution in [0.15, 0.2) is 18.2 Å². The van der Waals surface area contributed by atoms with Crippen molar-refractivity contribution in [2.24, 2.45) is 0 Å². The van der Waals surface area contributed by atoms with Gasteiger partial charge in [-0.15, -0.1) is 5.10 Å². The molecule has 0 atom stereocenters. The van der Waals surface area contributed by atoms with Crippen LogP contribution in [0.25, 0.3) is 0 Å². The van der Waals surface area contributed by atoms with Gasteiger partial charge in [-0.3, -0.25) is 10.1 Å². The smallest absolute Gasteiger partial charge is 0.378 e. The van der Waals surface area contributed by atoms with Crippen LogP contribution < -0.4 is 0 Å². The highest BCUT2D eigenvalue weighted by molar-refractivity contribution is 6.31. The Morgan fingerprint density at radius 3 is 2.95 bits per heavy atom. The minimum absolute atomic E-state index is 0.114. The first-order valence-electron chi connectivity index (χ1n) is 5.89. The van der Waals surface area contributed by atoms with E-state index in [9.17, 15) is 14.9 Å². The Hall–Kier alpha value is -2.55. The number of nitrogens with zero attached hydrogens (tertiary/aromatic N) is 5. The molecule has 110 valence electrons. The first kappa shape index (κ1) is 14.9. The topological polar surface area (TPSA) is 113 Å². The molecule has 1 heterocycles. The second kappa shape index (κ2) is 6.27. The summed E-state index contributed by atoms with van der Waals surface area (Å²) in [5.74, 6) is -0.858. The van der Waals surface area contributed by atoms with Gasteiger partial charge in [-0.1, -0.05) is 17.7 Å². The molecule has 1 aromatic heterocycles. The summed E-state index contributed by atoms with van der Waals surface area (Å²) in [6.45, 7) is 1.69. The molecule has 2 rings (SSSR count). The van der Waals surface area contributed by atoms with E-state index in [0.29, 0.717) is 0 Å². The van der Waals surface area contributed by atoms with Crippen LogP contribution in [0.2, 0.25) is 5.02 Å². The largest absolute Gasteiger partial charge is 0.460 e. The van der Waals surface area contributed by atoms with Gasteiger partial charge in [0, 0.05) is 6.07 Å². The minimum atomic E-state index is -0.711. The van der Waals surface area contributed by atoms with E-state index in [4.69, 9.17) is 16.3 Å². The third kappa shape index (κ3) is 3.14. The lowest BCUT2D eigenvalue weighted by atomic mass is 10.2. The molecule has 0 bridgehead atoms. The lowest BCUT2D eigenvalue weighted by molar-refractivity contribution is -0.385. The van der Waals surface area contributed by atoms with Crippen molar-refractivity contribution in [3.63, 3.8) is 0 Å². The van der Waals surface area contributed by atoms with Gasteiger partial charge in [0.15, 0.2) is 0 Å². The molecular weight excluding hydrogens is 302 g/mol. The zero-order valence-corrected chi connectivity index (χ0v) is 11.6. The summed E-state index contributed by atoms with van der Waals surface area (Å²) in [4.78, 5) is 22.1. The molecule has 1 aromatic carbocycles. The number of nitro benzene ring substituents is 1. The number of rotatable bonds is 5. The maximum atomic E-state index is 11.7. The number of hydrogen-bond acceptors (Lipinski definition) is 7. The van der Waals surface area contributed by atoms with Crippen molar-refractivity contribution < 1.29 is 14.5 Å². The third-order valence-corrected chi connectivity index (χ3v) is 2.94. The van der Waals surface area contributed by atoms with E-state index in [-0.39, 0.29) is 35.2 Å². The highest BCUT2D eigenvalue weighted by Crippen LogP contribution is 2.27. The van der Waals surface area contributed by atoms with E-state index in [0.717, 1.165) is 4.68 Å². The van der Waals surface area contributed by atoms with Crippen LogP contribution in [0.5, 0.6) is 0 Å². The predicted molar refractivity (Wildman–Crippen MR) is 71.0 cm³/mol. The molecule has 0 unspecified atom stereocenters. The molecule has 21 heavy (non-hydrogen) atoms. The Bertz CT molecular complexity index is 687. The number of nitro groups is 1. The monoisotopic (exact) mass is 311 g/mol. The summed E-state index contributed by atoms with van der Waals surface area (Å²) in [5.41, 5.74) is 0.0369. The number of carbonyl (C=O) groups excluding carboxylic acids is 1. The summed E-state index contributed by atoms with van der Waals surface area (Å²) < 4.78 is 5.91. The Labute approximate surface area is 123 Å². The Kier molecular flexibility index (Phi) is 4.43. The number of benzene rings is 1. The van der Waals surface area contributed by atoms with Crippen molar-refractivity contribution in [3.05, 3.63) is 44.7 Å². The first-order chi connectivity index (χ1) is 10.0. The van der Waals surface area contributed by atoms with E-state index >= 15 is 0 Å². The molecule has 0 radical (unpaired) electrons. The van der Waals surface area contributed by atoms with Crippen LogP contribution >= 0.6 is 11.6 Å². The second-order valence-electron chi connectivity index (χ2n) is 3.88. The highest BCUT2D eigenvalue weighted by atomic mass is 35.5. The Morgan fingerprint density at radius 1 is 1.52 bits per heavy atom. The SMILES string of the molecule is CCOC(=O)c1nnnn1Cc1c(Cl)cccc1[N+](=O)[O-]. The molecule has 0 aliphatic carbocycles. The van der Waals surface area contributed by atoms with Gasteiger partial charge >= 0.3 is 5.97 Å². The maximum Gasteiger partial charge on any atom is 0.378 e. The van der Waals surface area contributed by atoms with Crippen LogP contribution in [0.4, 0.5) is 5.69 Å². The zero-order chi connectivity index (χ0) is 15.4. The molecule has 0 aliphatic heterocycles. The van der Waals surface area contributed by atoms with Gasteiger partial charge in [-0.25, -0.2) is 9.48 Å². The number of halogens is 1. The average Bonchev–Trinajstić information content (AvgIpc) is 2.89. The van der Waals surface area contributed by atoms with Crippen molar-refractivity contribution in [2.45, 2.75) is 13.5 Å². The summed E-state index contributed by atoms with van der Waals surface area (Å²) >= 11 is 5.98. The van der Waals surface area contributed by atoms with E-state index in [1.807, 2.05) is 0 Å². The number of aromatic nitrogens is 4. The number of carbonyl (C=O) groups is 1. The van der Waals surface area contributed by atoms with Crippen molar-refractivity contribution in [1.29, 1.82) is 0 Å². The van der Waals surface area contributed by atoms with Crippen molar-refractivity contribution in [1.82, 2.24) is 20.2 Å². The fraction of sp³-hybridized carbons (Fsp3) is 0.273. The van der Waals surface area contributed by atoms with Gasteiger partial charge in [-0.05, 0) is 23.4 Å². The molecule has 0 spiro atoms. The van der Waals surface area contributed by atoms with Gasteiger partial charge in [0.05, 0.1) is 28.7 Å². The van der Waals surface area contributed by atoms with Gasteiger partial charge in [-0.2, -0.15) is 0 Å². The highest BCUT2D eigenvalue weighted by Gasteiger charge is 2.22. The van der Waals surface area contributed by atoms with Gasteiger partial charge < -0.3 is 4.74 Å². The normalized spacial score (nSPS) is 10.4. The van der Waals surface area contributed by atoms with Gasteiger partial charge in [0.2, 0.25) is 0 Å². The number of esters is 1. The maximum absolute atomic E-state index is 11.7. The zero-order valence-electron chi connectivity index (χ0n) is 10.9. The van der Waals surface area contributed by atoms with E-state index in [1.54, 1.807) is 6.92 Å². The van der Waals surface area contributed by atoms with Crippen LogP contribution in [0, 0.1) is 10.1 Å². The molecule has 0 N–H and O–H groups in total. The van der Waals surface area contributed by atoms with E-state index in [1.165, 1.54) is 18.2 Å². The molecule has 9 nitrogen and oxygen atoms in total.